The number of benzene rings is 3. The minimum absolute atomic E-state index is 0.00610. The van der Waals surface area contributed by atoms with Crippen molar-refractivity contribution in [1.29, 1.82) is 0 Å². The van der Waals surface area contributed by atoms with Gasteiger partial charge in [0.15, 0.2) is 11.5 Å². The van der Waals surface area contributed by atoms with Crippen LogP contribution in [-0.4, -0.2) is 71.2 Å². The van der Waals surface area contributed by atoms with E-state index < -0.39 is 23.8 Å². The molecule has 1 saturated heterocycles. The second-order valence-corrected chi connectivity index (χ2v) is 11.7. The predicted molar refractivity (Wildman–Crippen MR) is 172 cm³/mol. The largest absolute Gasteiger partial charge is 0.493 e. The fourth-order valence-electron chi connectivity index (χ4n) is 6.52. The van der Waals surface area contributed by atoms with Crippen LogP contribution < -0.4 is 24.8 Å². The van der Waals surface area contributed by atoms with Gasteiger partial charge < -0.3 is 40.2 Å². The number of carbonyl (C=O) groups excluding carboxylic acids is 1. The van der Waals surface area contributed by atoms with E-state index >= 15 is 0 Å². The number of carboxylic acid groups (broad SMARTS) is 1. The third-order valence-corrected chi connectivity index (χ3v) is 8.85. The van der Waals surface area contributed by atoms with E-state index in [0.29, 0.717) is 60.0 Å². The van der Waals surface area contributed by atoms with Crippen molar-refractivity contribution in [3.63, 3.8) is 0 Å². The second-order valence-electron chi connectivity index (χ2n) is 11.7. The van der Waals surface area contributed by atoms with Crippen LogP contribution in [0.5, 0.6) is 17.2 Å². The lowest BCUT2D eigenvalue weighted by Gasteiger charge is -2.30. The summed E-state index contributed by atoms with van der Waals surface area (Å²) in [6.07, 6.45) is 2.04. The Bertz CT molecular complexity index is 1510. The molecule has 0 aromatic heterocycles. The van der Waals surface area contributed by atoms with Crippen molar-refractivity contribution in [1.82, 2.24) is 4.90 Å². The molecule has 11 nitrogen and oxygen atoms in total. The number of fused-ring (bicyclic) bond motifs is 1. The number of amides is 1. The highest BCUT2D eigenvalue weighted by Gasteiger charge is 2.47. The highest BCUT2D eigenvalue weighted by atomic mass is 16.7. The van der Waals surface area contributed by atoms with Crippen molar-refractivity contribution in [2.24, 2.45) is 11.7 Å². The summed E-state index contributed by atoms with van der Waals surface area (Å²) in [5.74, 6) is -1.03. The molecule has 3 aromatic rings. The topological polar surface area (TPSA) is 155 Å². The van der Waals surface area contributed by atoms with Crippen LogP contribution in [0.4, 0.5) is 5.69 Å². The number of nitrogens with two attached hydrogens (primary N) is 1. The number of aliphatic hydroxyl groups excluding tert-OH is 2. The molecule has 11 heteroatoms. The van der Waals surface area contributed by atoms with Crippen LogP contribution in [0, 0.1) is 5.92 Å². The number of carbonyl (C=O) groups is 2. The number of aliphatic hydroxyl groups is 2. The van der Waals surface area contributed by atoms with Crippen LogP contribution >= 0.6 is 0 Å². The molecule has 5 N–H and O–H groups in total. The Balaban J connectivity index is 1.46. The molecule has 5 rings (SSSR count). The van der Waals surface area contributed by atoms with Gasteiger partial charge in [0, 0.05) is 48.4 Å². The molecule has 3 aromatic carbocycles. The number of hydrogen-bond donors (Lipinski definition) is 4. The molecule has 0 saturated carbocycles. The predicted octanol–water partition coefficient (Wildman–Crippen LogP) is 3.63. The van der Waals surface area contributed by atoms with Crippen molar-refractivity contribution < 1.29 is 39.1 Å². The number of rotatable bonds is 15. The first-order chi connectivity index (χ1) is 22.4. The molecule has 2 aliphatic heterocycles. The van der Waals surface area contributed by atoms with E-state index in [1.54, 1.807) is 29.2 Å². The highest BCUT2D eigenvalue weighted by Crippen LogP contribution is 2.44. The van der Waals surface area contributed by atoms with Gasteiger partial charge in [0.2, 0.25) is 12.7 Å². The van der Waals surface area contributed by atoms with Gasteiger partial charge in [0.25, 0.3) is 0 Å². The summed E-state index contributed by atoms with van der Waals surface area (Å²) >= 11 is 0. The minimum Gasteiger partial charge on any atom is -0.493 e. The normalized spacial score (nSPS) is 18.9. The molecule has 46 heavy (non-hydrogen) atoms. The first-order valence-corrected chi connectivity index (χ1v) is 15.8. The third kappa shape index (κ3) is 7.28. The highest BCUT2D eigenvalue weighted by molar-refractivity contribution is 5.95. The van der Waals surface area contributed by atoms with Crippen molar-refractivity contribution in [2.45, 2.75) is 57.9 Å². The fraction of sp³-hybridized carbons (Fsp3) is 0.429. The number of anilines is 1. The Morgan fingerprint density at radius 3 is 2.59 bits per heavy atom. The number of nitrogens with zero attached hydrogens (tertiary/aromatic N) is 2. The maximum atomic E-state index is 14.1. The maximum Gasteiger partial charge on any atom is 0.308 e. The molecular formula is C35H43N3O8. The Morgan fingerprint density at radius 1 is 1.04 bits per heavy atom. The molecular weight excluding hydrogens is 590 g/mol. The monoisotopic (exact) mass is 633 g/mol. The zero-order valence-corrected chi connectivity index (χ0v) is 26.1. The standard InChI is InChI=1S/C35H43N3O8/c1-2-3-12-38(27-9-6-7-23(14-27)17-36)32(41)19-37-18-28(25-15-26(21-40)34-31(16-25)45-22-46-34)33(35(42)43)29(37)11-13-44-30-10-5-4-8-24(30)20-39/h4-10,14-16,28-29,33,39-40H,2-3,11-13,17-22,36H2,1H3,(H,42,43)/t28-,29+,33-/m1/s1. The maximum absolute atomic E-state index is 14.1. The van der Waals surface area contributed by atoms with Crippen LogP contribution in [0.1, 0.15) is 54.4 Å². The lowest BCUT2D eigenvalue weighted by atomic mass is 9.83. The SMILES string of the molecule is CCCCN(C(=O)CN1C[C@H](c2cc(CO)c3c(c2)OCO3)[C@@H](C(=O)O)[C@@H]1CCOc1ccccc1CO)c1cccc(CN)c1. The van der Waals surface area contributed by atoms with Gasteiger partial charge in [0.05, 0.1) is 32.3 Å². The smallest absolute Gasteiger partial charge is 0.308 e. The lowest BCUT2D eigenvalue weighted by Crippen LogP contribution is -2.45. The number of aliphatic carboxylic acids is 1. The van der Waals surface area contributed by atoms with E-state index in [1.165, 1.54) is 0 Å². The van der Waals surface area contributed by atoms with E-state index in [4.69, 9.17) is 19.9 Å². The Labute approximate surface area is 269 Å². The summed E-state index contributed by atoms with van der Waals surface area (Å²) in [4.78, 5) is 30.8. The van der Waals surface area contributed by atoms with Crippen LogP contribution in [-0.2, 0) is 29.3 Å². The quantitative estimate of drug-likeness (QED) is 0.195. The summed E-state index contributed by atoms with van der Waals surface area (Å²) in [6, 6.07) is 17.8. The Hall–Kier alpha value is -4.16. The van der Waals surface area contributed by atoms with Gasteiger partial charge in [-0.25, -0.2) is 0 Å². The Kier molecular flexibility index (Phi) is 11.1. The van der Waals surface area contributed by atoms with Crippen LogP contribution in [0.2, 0.25) is 0 Å². The molecule has 0 unspecified atom stereocenters. The van der Waals surface area contributed by atoms with Gasteiger partial charge in [-0.2, -0.15) is 0 Å². The molecule has 1 amide bonds. The first-order valence-electron chi connectivity index (χ1n) is 15.8. The van der Waals surface area contributed by atoms with Crippen molar-refractivity contribution >= 4 is 17.6 Å². The molecule has 246 valence electrons. The van der Waals surface area contributed by atoms with Crippen molar-refractivity contribution in [2.75, 3.05) is 37.9 Å². The molecule has 0 radical (unpaired) electrons. The van der Waals surface area contributed by atoms with Crippen LogP contribution in [0.3, 0.4) is 0 Å². The van der Waals surface area contributed by atoms with Gasteiger partial charge in [-0.3, -0.25) is 14.5 Å². The summed E-state index contributed by atoms with van der Waals surface area (Å²) in [7, 11) is 0. The number of unbranched alkanes of at least 4 members (excludes halogenated alkanes) is 1. The zero-order valence-electron chi connectivity index (χ0n) is 26.1. The molecule has 1 fully saturated rings. The Morgan fingerprint density at radius 2 is 1.85 bits per heavy atom. The summed E-state index contributed by atoms with van der Waals surface area (Å²) in [6.45, 7) is 2.98. The number of carboxylic acids is 1. The second kappa shape index (κ2) is 15.4. The molecule has 0 spiro atoms. The summed E-state index contributed by atoms with van der Waals surface area (Å²) in [5.41, 5.74) is 9.43. The number of para-hydroxylation sites is 1. The van der Waals surface area contributed by atoms with Gasteiger partial charge in [-0.15, -0.1) is 0 Å². The van der Waals surface area contributed by atoms with Gasteiger partial charge in [0.1, 0.15) is 5.75 Å². The fourth-order valence-corrected chi connectivity index (χ4v) is 6.52. The molecule has 0 aliphatic carbocycles. The summed E-state index contributed by atoms with van der Waals surface area (Å²) < 4.78 is 17.2. The molecule has 2 aliphatic rings. The number of hydrogen-bond acceptors (Lipinski definition) is 9. The molecule has 2 heterocycles. The first kappa shape index (κ1) is 33.2. The van der Waals surface area contributed by atoms with E-state index in [-0.39, 0.29) is 39.1 Å². The molecule has 0 bridgehead atoms. The van der Waals surface area contributed by atoms with Gasteiger partial charge in [-0.05, 0) is 54.3 Å². The van der Waals surface area contributed by atoms with Crippen molar-refractivity contribution in [3.05, 3.63) is 82.9 Å². The third-order valence-electron chi connectivity index (χ3n) is 8.85. The zero-order chi connectivity index (χ0) is 32.6. The average molecular weight is 634 g/mol. The van der Waals surface area contributed by atoms with E-state index in [9.17, 15) is 24.9 Å². The number of likely N-dealkylation sites (tertiary alicyclic amines) is 1. The van der Waals surface area contributed by atoms with Gasteiger partial charge in [-0.1, -0.05) is 43.7 Å². The van der Waals surface area contributed by atoms with E-state index in [1.807, 2.05) is 41.3 Å². The van der Waals surface area contributed by atoms with Crippen molar-refractivity contribution in [3.8, 4) is 17.2 Å². The molecule has 3 atom stereocenters. The summed E-state index contributed by atoms with van der Waals surface area (Å²) in [5, 5.41) is 30.4. The van der Waals surface area contributed by atoms with E-state index in [2.05, 4.69) is 6.92 Å². The van der Waals surface area contributed by atoms with E-state index in [0.717, 1.165) is 24.1 Å². The lowest BCUT2D eigenvalue weighted by molar-refractivity contribution is -0.143. The minimum atomic E-state index is -0.984. The van der Waals surface area contributed by atoms with Crippen LogP contribution in [0.15, 0.2) is 60.7 Å². The van der Waals surface area contributed by atoms with Crippen LogP contribution in [0.25, 0.3) is 0 Å². The average Bonchev–Trinajstić information content (AvgIpc) is 3.69. The van der Waals surface area contributed by atoms with Gasteiger partial charge >= 0.3 is 5.97 Å². The number of ether oxygens (including phenoxy) is 3.